The molecule has 1 aliphatic rings. The summed E-state index contributed by atoms with van der Waals surface area (Å²) >= 11 is 5.90. The maximum Gasteiger partial charge on any atom is 0.140 e. The molecule has 1 heterocycles. The number of hydrogen-bond donors (Lipinski definition) is 2. The second-order valence-corrected chi connectivity index (χ2v) is 4.85. The summed E-state index contributed by atoms with van der Waals surface area (Å²) in [6.45, 7) is 0.629. The second kappa shape index (κ2) is 5.16. The molecule has 1 fully saturated rings. The Kier molecular flexibility index (Phi) is 3.81. The van der Waals surface area contributed by atoms with E-state index in [1.54, 1.807) is 0 Å². The summed E-state index contributed by atoms with van der Waals surface area (Å²) in [4.78, 5) is 9.95. The van der Waals surface area contributed by atoms with Crippen LogP contribution in [0.4, 0.5) is 5.82 Å². The predicted molar refractivity (Wildman–Crippen MR) is 65.0 cm³/mol. The third-order valence-electron chi connectivity index (χ3n) is 3.13. The van der Waals surface area contributed by atoms with E-state index >= 15 is 0 Å². The van der Waals surface area contributed by atoms with Gasteiger partial charge in [-0.1, -0.05) is 11.6 Å². The van der Waals surface area contributed by atoms with Crippen LogP contribution >= 0.6 is 11.6 Å². The van der Waals surface area contributed by atoms with Gasteiger partial charge in [-0.15, -0.1) is 0 Å². The van der Waals surface area contributed by atoms with Crippen LogP contribution in [0.15, 0.2) is 6.33 Å². The molecule has 0 radical (unpaired) electrons. The third kappa shape index (κ3) is 2.68. The Morgan fingerprint density at radius 1 is 1.47 bits per heavy atom. The molecule has 0 saturated heterocycles. The van der Waals surface area contributed by atoms with E-state index in [0.717, 1.165) is 19.4 Å². The number of nitrogens with zero attached hydrogens (tertiary/aromatic N) is 3. The number of anilines is 1. The molecule has 0 aliphatic heterocycles. The summed E-state index contributed by atoms with van der Waals surface area (Å²) in [5, 5.41) is 18.8. The number of rotatable bonds is 4. The molecule has 1 saturated carbocycles. The Hall–Kier alpha value is -0.910. The number of hydrogen-bond acceptors (Lipinski definition) is 5. The lowest BCUT2D eigenvalue weighted by Gasteiger charge is -2.35. The molecule has 0 unspecified atom stereocenters. The van der Waals surface area contributed by atoms with Gasteiger partial charge in [0.15, 0.2) is 0 Å². The lowest BCUT2D eigenvalue weighted by atomic mass is 9.82. The highest BCUT2D eigenvalue weighted by atomic mass is 35.5. The molecule has 5 nitrogen and oxygen atoms in total. The van der Waals surface area contributed by atoms with E-state index in [2.05, 4.69) is 9.97 Å². The second-order valence-electron chi connectivity index (χ2n) is 4.50. The van der Waals surface area contributed by atoms with Crippen LogP contribution in [-0.4, -0.2) is 39.9 Å². The maximum atomic E-state index is 9.26. The Balaban J connectivity index is 2.08. The first-order chi connectivity index (χ1) is 8.11. The number of aliphatic hydroxyl groups is 2. The van der Waals surface area contributed by atoms with E-state index in [1.165, 1.54) is 6.33 Å². The number of aromatic nitrogens is 2. The minimum Gasteiger partial charge on any atom is -0.393 e. The van der Waals surface area contributed by atoms with Crippen molar-refractivity contribution in [3.8, 4) is 0 Å². The van der Waals surface area contributed by atoms with Crippen LogP contribution in [0.25, 0.3) is 0 Å². The van der Waals surface area contributed by atoms with E-state index < -0.39 is 0 Å². The summed E-state index contributed by atoms with van der Waals surface area (Å²) in [5.41, 5.74) is 0.552. The molecular formula is C11H16ClN3O2. The molecule has 2 rings (SSSR count). The van der Waals surface area contributed by atoms with Gasteiger partial charge in [-0.3, -0.25) is 0 Å². The van der Waals surface area contributed by atoms with Gasteiger partial charge in [-0.2, -0.15) is 0 Å². The van der Waals surface area contributed by atoms with Crippen molar-refractivity contribution in [1.29, 1.82) is 0 Å². The normalized spacial score (nSPS) is 23.3. The molecule has 0 amide bonds. The van der Waals surface area contributed by atoms with Crippen LogP contribution in [0.1, 0.15) is 18.4 Å². The minimum atomic E-state index is -0.174. The first-order valence-electron chi connectivity index (χ1n) is 5.61. The quantitative estimate of drug-likeness (QED) is 0.782. The summed E-state index contributed by atoms with van der Waals surface area (Å²) < 4.78 is 0. The molecule has 0 aromatic carbocycles. The summed E-state index contributed by atoms with van der Waals surface area (Å²) in [6.07, 6.45) is 2.90. The van der Waals surface area contributed by atoms with E-state index in [9.17, 15) is 10.2 Å². The lowest BCUT2D eigenvalue weighted by Crippen LogP contribution is -2.37. The SMILES string of the molecule is CN(CC1CC(O)C1)c1ncnc(Cl)c1CO. The molecular weight excluding hydrogens is 242 g/mol. The van der Waals surface area contributed by atoms with Crippen LogP contribution in [0, 0.1) is 5.92 Å². The van der Waals surface area contributed by atoms with Crippen molar-refractivity contribution in [2.75, 3.05) is 18.5 Å². The number of aliphatic hydroxyl groups excluding tert-OH is 2. The van der Waals surface area contributed by atoms with Crippen molar-refractivity contribution in [3.05, 3.63) is 17.0 Å². The van der Waals surface area contributed by atoms with Crippen LogP contribution in [0.2, 0.25) is 5.15 Å². The van der Waals surface area contributed by atoms with Gasteiger partial charge in [0.1, 0.15) is 17.3 Å². The summed E-state index contributed by atoms with van der Waals surface area (Å²) in [6, 6.07) is 0. The van der Waals surface area contributed by atoms with Crippen molar-refractivity contribution in [2.24, 2.45) is 5.92 Å². The molecule has 1 aromatic heterocycles. The molecule has 1 aliphatic carbocycles. The highest BCUT2D eigenvalue weighted by Gasteiger charge is 2.28. The smallest absolute Gasteiger partial charge is 0.140 e. The average Bonchev–Trinajstić information content (AvgIpc) is 2.26. The average molecular weight is 258 g/mol. The zero-order valence-corrected chi connectivity index (χ0v) is 10.4. The zero-order valence-electron chi connectivity index (χ0n) is 9.67. The molecule has 2 N–H and O–H groups in total. The maximum absolute atomic E-state index is 9.26. The van der Waals surface area contributed by atoms with Crippen LogP contribution in [0.5, 0.6) is 0 Å². The fraction of sp³-hybridized carbons (Fsp3) is 0.636. The molecule has 1 aromatic rings. The Bertz CT molecular complexity index is 396. The van der Waals surface area contributed by atoms with E-state index in [4.69, 9.17) is 11.6 Å². The Morgan fingerprint density at radius 2 is 2.18 bits per heavy atom. The first-order valence-corrected chi connectivity index (χ1v) is 5.99. The fourth-order valence-corrected chi connectivity index (χ4v) is 2.36. The fourth-order valence-electron chi connectivity index (χ4n) is 2.17. The molecule has 0 atom stereocenters. The first kappa shape index (κ1) is 12.5. The van der Waals surface area contributed by atoms with Crippen LogP contribution < -0.4 is 4.90 Å². The van der Waals surface area contributed by atoms with E-state index in [1.807, 2.05) is 11.9 Å². The number of halogens is 1. The van der Waals surface area contributed by atoms with E-state index in [0.29, 0.717) is 17.3 Å². The van der Waals surface area contributed by atoms with Gasteiger partial charge in [0.2, 0.25) is 0 Å². The largest absolute Gasteiger partial charge is 0.393 e. The van der Waals surface area contributed by atoms with Gasteiger partial charge in [-0.25, -0.2) is 9.97 Å². The highest BCUT2D eigenvalue weighted by Crippen LogP contribution is 2.30. The van der Waals surface area contributed by atoms with Gasteiger partial charge in [-0.05, 0) is 18.8 Å². The Morgan fingerprint density at radius 3 is 2.76 bits per heavy atom. The van der Waals surface area contributed by atoms with Crippen molar-refractivity contribution in [3.63, 3.8) is 0 Å². The molecule has 0 bridgehead atoms. The van der Waals surface area contributed by atoms with Gasteiger partial charge < -0.3 is 15.1 Å². The van der Waals surface area contributed by atoms with Crippen LogP contribution in [0.3, 0.4) is 0 Å². The lowest BCUT2D eigenvalue weighted by molar-refractivity contribution is 0.0464. The van der Waals surface area contributed by atoms with Crippen molar-refractivity contribution in [1.82, 2.24) is 9.97 Å². The van der Waals surface area contributed by atoms with Crippen molar-refractivity contribution >= 4 is 17.4 Å². The van der Waals surface area contributed by atoms with E-state index in [-0.39, 0.29) is 17.9 Å². The topological polar surface area (TPSA) is 69.5 Å². The van der Waals surface area contributed by atoms with Gasteiger partial charge >= 0.3 is 0 Å². The minimum absolute atomic E-state index is 0.153. The molecule has 17 heavy (non-hydrogen) atoms. The molecule has 94 valence electrons. The van der Waals surface area contributed by atoms with Gasteiger partial charge in [0, 0.05) is 13.6 Å². The van der Waals surface area contributed by atoms with Crippen LogP contribution in [-0.2, 0) is 6.61 Å². The predicted octanol–water partition coefficient (Wildman–Crippen LogP) is 0.829. The standard InChI is InChI=1S/C11H16ClN3O2/c1-15(4-7-2-8(17)3-7)11-9(5-16)10(12)13-6-14-11/h6-8,16-17H,2-5H2,1H3. The molecule has 6 heteroatoms. The van der Waals surface area contributed by atoms with Crippen molar-refractivity contribution < 1.29 is 10.2 Å². The third-order valence-corrected chi connectivity index (χ3v) is 3.46. The van der Waals surface area contributed by atoms with Crippen molar-refractivity contribution in [2.45, 2.75) is 25.6 Å². The highest BCUT2D eigenvalue weighted by molar-refractivity contribution is 6.30. The monoisotopic (exact) mass is 257 g/mol. The molecule has 0 spiro atoms. The Labute approximate surface area is 105 Å². The summed E-state index contributed by atoms with van der Waals surface area (Å²) in [7, 11) is 1.91. The van der Waals surface area contributed by atoms with Gasteiger partial charge in [0.25, 0.3) is 0 Å². The zero-order chi connectivity index (χ0) is 12.4. The van der Waals surface area contributed by atoms with Gasteiger partial charge in [0.05, 0.1) is 18.3 Å². The summed E-state index contributed by atoms with van der Waals surface area (Å²) in [5.74, 6) is 1.14.